The molecule has 0 saturated heterocycles. The van der Waals surface area contributed by atoms with Gasteiger partial charge in [0.1, 0.15) is 6.04 Å². The van der Waals surface area contributed by atoms with E-state index in [1.807, 2.05) is 24.4 Å². The Labute approximate surface area is 113 Å². The molecule has 0 amide bonds. The van der Waals surface area contributed by atoms with Crippen LogP contribution in [0.2, 0.25) is 0 Å². The Morgan fingerprint density at radius 2 is 2.05 bits per heavy atom. The predicted molar refractivity (Wildman–Crippen MR) is 70.4 cm³/mol. The summed E-state index contributed by atoms with van der Waals surface area (Å²) in [6, 6.07) is 3.45. The van der Waals surface area contributed by atoms with Crippen molar-refractivity contribution in [2.24, 2.45) is 5.73 Å². The average Bonchev–Trinajstić information content (AvgIpc) is 3.10. The smallest absolute Gasteiger partial charge is 0.249 e. The predicted octanol–water partition coefficient (Wildman–Crippen LogP) is 1.94. The molecule has 3 rings (SSSR count). The standard InChI is InChI=1S/C12H11N5OS/c1-7-5-14-10(15-6-7)11-16-12(18-17-11)9(13)8-3-2-4-19-8/h2-6,9H,13H2,1H3. The van der Waals surface area contributed by atoms with Crippen LogP contribution in [0.15, 0.2) is 34.4 Å². The second kappa shape index (κ2) is 4.87. The quantitative estimate of drug-likeness (QED) is 0.784. The van der Waals surface area contributed by atoms with Crippen LogP contribution < -0.4 is 5.73 Å². The zero-order valence-corrected chi connectivity index (χ0v) is 11.0. The minimum atomic E-state index is -0.410. The van der Waals surface area contributed by atoms with Crippen molar-refractivity contribution >= 4 is 11.3 Å². The summed E-state index contributed by atoms with van der Waals surface area (Å²) < 4.78 is 5.18. The lowest BCUT2D eigenvalue weighted by Gasteiger charge is -2.01. The van der Waals surface area contributed by atoms with Gasteiger partial charge in [-0.15, -0.1) is 11.3 Å². The van der Waals surface area contributed by atoms with Crippen molar-refractivity contribution in [2.75, 3.05) is 0 Å². The fraction of sp³-hybridized carbons (Fsp3) is 0.167. The maximum atomic E-state index is 6.05. The van der Waals surface area contributed by atoms with Gasteiger partial charge in [-0.3, -0.25) is 0 Å². The molecule has 3 aromatic rings. The molecule has 0 spiro atoms. The number of aryl methyl sites for hydroxylation is 1. The molecule has 0 bridgehead atoms. The minimum Gasteiger partial charge on any atom is -0.337 e. The summed E-state index contributed by atoms with van der Waals surface area (Å²) in [6.45, 7) is 1.91. The molecule has 96 valence electrons. The van der Waals surface area contributed by atoms with Crippen molar-refractivity contribution in [3.8, 4) is 11.6 Å². The highest BCUT2D eigenvalue weighted by Crippen LogP contribution is 2.23. The highest BCUT2D eigenvalue weighted by atomic mass is 32.1. The van der Waals surface area contributed by atoms with E-state index in [9.17, 15) is 0 Å². The van der Waals surface area contributed by atoms with Crippen LogP contribution in [0.4, 0.5) is 0 Å². The molecule has 3 heterocycles. The Morgan fingerprint density at radius 3 is 2.74 bits per heavy atom. The third kappa shape index (κ3) is 2.38. The maximum absolute atomic E-state index is 6.05. The van der Waals surface area contributed by atoms with Crippen LogP contribution in [0, 0.1) is 6.92 Å². The Hall–Kier alpha value is -2.12. The Kier molecular flexibility index (Phi) is 3.06. The van der Waals surface area contributed by atoms with Crippen LogP contribution in [0.3, 0.4) is 0 Å². The van der Waals surface area contributed by atoms with E-state index in [0.29, 0.717) is 17.5 Å². The first kappa shape index (κ1) is 11.9. The molecule has 0 fully saturated rings. The molecule has 3 aromatic heterocycles. The first-order valence-corrected chi connectivity index (χ1v) is 6.53. The zero-order chi connectivity index (χ0) is 13.2. The number of rotatable bonds is 3. The van der Waals surface area contributed by atoms with Gasteiger partial charge in [0, 0.05) is 17.3 Å². The fourth-order valence-electron chi connectivity index (χ4n) is 1.55. The summed E-state index contributed by atoms with van der Waals surface area (Å²) >= 11 is 1.55. The lowest BCUT2D eigenvalue weighted by atomic mass is 10.2. The Bertz CT molecular complexity index is 662. The van der Waals surface area contributed by atoms with E-state index in [0.717, 1.165) is 10.4 Å². The van der Waals surface area contributed by atoms with Crippen LogP contribution in [-0.4, -0.2) is 20.1 Å². The van der Waals surface area contributed by atoms with E-state index in [4.69, 9.17) is 10.3 Å². The number of thiophene rings is 1. The summed E-state index contributed by atoms with van der Waals surface area (Å²) in [4.78, 5) is 13.5. The number of hydrogen-bond donors (Lipinski definition) is 1. The number of nitrogens with two attached hydrogens (primary N) is 1. The number of nitrogens with zero attached hydrogens (tertiary/aromatic N) is 4. The van der Waals surface area contributed by atoms with Crippen LogP contribution in [0.1, 0.15) is 22.4 Å². The van der Waals surface area contributed by atoms with Crippen LogP contribution >= 0.6 is 11.3 Å². The van der Waals surface area contributed by atoms with Gasteiger partial charge >= 0.3 is 0 Å². The van der Waals surface area contributed by atoms with Gasteiger partial charge in [0.15, 0.2) is 0 Å². The summed E-state index contributed by atoms with van der Waals surface area (Å²) in [7, 11) is 0. The van der Waals surface area contributed by atoms with Crippen LogP contribution in [0.5, 0.6) is 0 Å². The van der Waals surface area contributed by atoms with E-state index in [-0.39, 0.29) is 0 Å². The minimum absolute atomic E-state index is 0.349. The second-order valence-corrected chi connectivity index (χ2v) is 5.01. The van der Waals surface area contributed by atoms with E-state index in [1.54, 1.807) is 23.7 Å². The zero-order valence-electron chi connectivity index (χ0n) is 10.1. The monoisotopic (exact) mass is 273 g/mol. The highest BCUT2D eigenvalue weighted by molar-refractivity contribution is 7.10. The van der Waals surface area contributed by atoms with Gasteiger partial charge in [-0.25, -0.2) is 9.97 Å². The maximum Gasteiger partial charge on any atom is 0.249 e. The Balaban J connectivity index is 1.89. The molecule has 0 aliphatic carbocycles. The summed E-state index contributed by atoms with van der Waals surface area (Å²) in [5.74, 6) is 1.14. The van der Waals surface area contributed by atoms with Crippen molar-refractivity contribution < 1.29 is 4.52 Å². The van der Waals surface area contributed by atoms with Gasteiger partial charge in [-0.2, -0.15) is 4.98 Å². The first-order chi connectivity index (χ1) is 9.24. The molecule has 0 aromatic carbocycles. The Morgan fingerprint density at radius 1 is 1.26 bits per heavy atom. The highest BCUT2D eigenvalue weighted by Gasteiger charge is 2.19. The van der Waals surface area contributed by atoms with E-state index in [2.05, 4.69) is 20.1 Å². The molecule has 2 N–H and O–H groups in total. The van der Waals surface area contributed by atoms with Gasteiger partial charge in [0.05, 0.1) is 0 Å². The van der Waals surface area contributed by atoms with Gasteiger partial charge in [0.2, 0.25) is 17.5 Å². The topological polar surface area (TPSA) is 90.7 Å². The molecule has 1 unspecified atom stereocenters. The average molecular weight is 273 g/mol. The van der Waals surface area contributed by atoms with E-state index < -0.39 is 6.04 Å². The molecular formula is C12H11N5OS. The van der Waals surface area contributed by atoms with Crippen LogP contribution in [-0.2, 0) is 0 Å². The fourth-order valence-corrected chi connectivity index (χ4v) is 2.27. The molecule has 0 aliphatic rings. The number of hydrogen-bond acceptors (Lipinski definition) is 7. The molecule has 0 radical (unpaired) electrons. The molecule has 1 atom stereocenters. The molecule has 6 nitrogen and oxygen atoms in total. The molecule has 0 saturated carbocycles. The SMILES string of the molecule is Cc1cnc(-c2noc(C(N)c3cccs3)n2)nc1. The van der Waals surface area contributed by atoms with Crippen molar-refractivity contribution in [1.29, 1.82) is 0 Å². The third-order valence-corrected chi connectivity index (χ3v) is 3.49. The van der Waals surface area contributed by atoms with E-state index in [1.165, 1.54) is 0 Å². The van der Waals surface area contributed by atoms with Crippen molar-refractivity contribution in [1.82, 2.24) is 20.1 Å². The molecule has 0 aliphatic heterocycles. The van der Waals surface area contributed by atoms with Gasteiger partial charge < -0.3 is 10.3 Å². The third-order valence-electron chi connectivity index (χ3n) is 2.54. The normalized spacial score (nSPS) is 12.5. The van der Waals surface area contributed by atoms with Crippen molar-refractivity contribution in [3.63, 3.8) is 0 Å². The number of aromatic nitrogens is 4. The van der Waals surface area contributed by atoms with Gasteiger partial charge in [-0.05, 0) is 23.9 Å². The summed E-state index contributed by atoms with van der Waals surface area (Å²) in [6.07, 6.45) is 3.41. The summed E-state index contributed by atoms with van der Waals surface area (Å²) in [5.41, 5.74) is 7.02. The second-order valence-electron chi connectivity index (χ2n) is 4.03. The van der Waals surface area contributed by atoms with Gasteiger partial charge in [-0.1, -0.05) is 11.2 Å². The molecule has 7 heteroatoms. The van der Waals surface area contributed by atoms with Crippen molar-refractivity contribution in [2.45, 2.75) is 13.0 Å². The van der Waals surface area contributed by atoms with Gasteiger partial charge in [0.25, 0.3) is 0 Å². The first-order valence-electron chi connectivity index (χ1n) is 5.65. The molecular weight excluding hydrogens is 262 g/mol. The van der Waals surface area contributed by atoms with E-state index >= 15 is 0 Å². The lowest BCUT2D eigenvalue weighted by Crippen LogP contribution is -2.10. The molecule has 19 heavy (non-hydrogen) atoms. The largest absolute Gasteiger partial charge is 0.337 e. The summed E-state index contributed by atoms with van der Waals surface area (Å²) in [5, 5.41) is 5.81. The van der Waals surface area contributed by atoms with Crippen LogP contribution in [0.25, 0.3) is 11.6 Å². The lowest BCUT2D eigenvalue weighted by molar-refractivity contribution is 0.368. The van der Waals surface area contributed by atoms with Crippen molar-refractivity contribution in [3.05, 3.63) is 46.2 Å².